The van der Waals surface area contributed by atoms with Gasteiger partial charge >= 0.3 is 11.9 Å². The van der Waals surface area contributed by atoms with Crippen LogP contribution >= 0.6 is 0 Å². The number of rotatable bonds is 4. The van der Waals surface area contributed by atoms with Crippen molar-refractivity contribution in [3.05, 3.63) is 153 Å². The lowest BCUT2D eigenvalue weighted by molar-refractivity contribution is 0.0721. The Hall–Kier alpha value is -7.34. The summed E-state index contributed by atoms with van der Waals surface area (Å²) >= 11 is 0. The fourth-order valence-corrected chi connectivity index (χ4v) is 6.52. The van der Waals surface area contributed by atoms with Crippen molar-refractivity contribution < 1.29 is 59.9 Å². The van der Waals surface area contributed by atoms with Crippen molar-refractivity contribution >= 4 is 11.9 Å². The van der Waals surface area contributed by atoms with Gasteiger partial charge in [-0.25, -0.2) is 9.59 Å². The Labute approximate surface area is 307 Å². The van der Waals surface area contributed by atoms with Crippen molar-refractivity contribution in [2.45, 2.75) is 25.7 Å². The summed E-state index contributed by atoms with van der Waals surface area (Å²) in [6, 6.07) is 24.5. The number of phenols is 8. The molecule has 0 spiro atoms. The first-order chi connectivity index (χ1) is 25.9. The highest BCUT2D eigenvalue weighted by atomic mass is 16.5. The summed E-state index contributed by atoms with van der Waals surface area (Å²) in [7, 11) is 0. The predicted octanol–water partition coefficient (Wildman–Crippen LogP) is 6.45. The highest BCUT2D eigenvalue weighted by Crippen LogP contribution is 2.41. The minimum absolute atomic E-state index is 0.0698. The lowest BCUT2D eigenvalue weighted by Crippen LogP contribution is -2.13. The molecule has 0 radical (unpaired) electrons. The van der Waals surface area contributed by atoms with E-state index in [1.807, 2.05) is 0 Å². The molecule has 12 heteroatoms. The van der Waals surface area contributed by atoms with Crippen LogP contribution in [0.1, 0.15) is 65.2 Å². The lowest BCUT2D eigenvalue weighted by Gasteiger charge is -2.20. The summed E-state index contributed by atoms with van der Waals surface area (Å²) in [6.07, 6.45) is 0.293. The van der Waals surface area contributed by atoms with Gasteiger partial charge in [0, 0.05) is 25.7 Å². The molecule has 0 atom stereocenters. The van der Waals surface area contributed by atoms with Crippen LogP contribution in [-0.2, 0) is 25.7 Å². The molecule has 0 amide bonds. The number of carbonyl (C=O) groups is 2. The molecule has 8 bridgehead atoms. The van der Waals surface area contributed by atoms with Gasteiger partial charge < -0.3 is 50.3 Å². The van der Waals surface area contributed by atoms with Crippen LogP contribution in [0.3, 0.4) is 0 Å². The fraction of sp³-hybridized carbons (Fsp3) is 0.0952. The van der Waals surface area contributed by atoms with E-state index in [0.717, 1.165) is 24.3 Å². The van der Waals surface area contributed by atoms with E-state index in [1.54, 1.807) is 72.8 Å². The number of ether oxygens (including phenoxy) is 2. The first-order valence-electron chi connectivity index (χ1n) is 16.6. The molecule has 12 nitrogen and oxygen atoms in total. The van der Waals surface area contributed by atoms with E-state index in [9.17, 15) is 50.4 Å². The third-order valence-electron chi connectivity index (χ3n) is 9.29. The molecule has 0 saturated carbocycles. The third-order valence-corrected chi connectivity index (χ3v) is 9.29. The number of para-hydroxylation sites is 4. The minimum atomic E-state index is -0.946. The van der Waals surface area contributed by atoms with Gasteiger partial charge in [0.05, 0.1) is 11.1 Å². The summed E-state index contributed by atoms with van der Waals surface area (Å²) < 4.78 is 11.9. The molecule has 7 rings (SSSR count). The standard InChI is InChI=1S/C42H32O12/c43-31-17-29(18-32(44)37(31)49)41(51)53-39-25-9-3-11-27(39)15-23-7-2-8-24(36(23)48)16-28-12-4-10-26(14-22-6-1-5-21(13-25)35(22)47)40(28)54-42(52)30-19-33(45)38(50)34(46)20-30/h1-12,17-20,43-50H,13-16H2. The minimum Gasteiger partial charge on any atom is -0.507 e. The number of aromatic hydroxyl groups is 8. The Kier molecular flexibility index (Phi) is 9.09. The second kappa shape index (κ2) is 14.0. The zero-order chi connectivity index (χ0) is 38.3. The van der Waals surface area contributed by atoms with Crippen LogP contribution in [0.4, 0.5) is 0 Å². The summed E-state index contributed by atoms with van der Waals surface area (Å²) in [6.45, 7) is 0. The maximum absolute atomic E-state index is 13.5. The number of fused-ring (bicyclic) bond motifs is 8. The zero-order valence-corrected chi connectivity index (χ0v) is 28.3. The summed E-state index contributed by atoms with van der Waals surface area (Å²) in [5.74, 6) is -6.24. The molecule has 0 unspecified atom stereocenters. The average Bonchev–Trinajstić information content (AvgIpc) is 3.14. The predicted molar refractivity (Wildman–Crippen MR) is 193 cm³/mol. The van der Waals surface area contributed by atoms with Crippen molar-refractivity contribution in [1.82, 2.24) is 0 Å². The maximum atomic E-state index is 13.5. The summed E-state index contributed by atoms with van der Waals surface area (Å²) in [5, 5.41) is 83.0. The van der Waals surface area contributed by atoms with Crippen molar-refractivity contribution in [2.75, 3.05) is 0 Å². The molecule has 0 aromatic heterocycles. The average molecular weight is 729 g/mol. The number of carbonyl (C=O) groups excluding carboxylic acids is 2. The topological polar surface area (TPSA) is 214 Å². The fourth-order valence-electron chi connectivity index (χ4n) is 6.52. The third kappa shape index (κ3) is 6.71. The highest BCUT2D eigenvalue weighted by molar-refractivity contribution is 5.93. The van der Waals surface area contributed by atoms with Gasteiger partial charge in [0.25, 0.3) is 0 Å². The maximum Gasteiger partial charge on any atom is 0.343 e. The number of phenolic OH excluding ortho intramolecular Hbond substituents is 8. The van der Waals surface area contributed by atoms with E-state index in [0.29, 0.717) is 44.5 Å². The largest absolute Gasteiger partial charge is 0.507 e. The van der Waals surface area contributed by atoms with Crippen molar-refractivity contribution in [3.8, 4) is 57.5 Å². The Morgan fingerprint density at radius 3 is 0.870 bits per heavy atom. The van der Waals surface area contributed by atoms with Crippen LogP contribution in [0, 0.1) is 0 Å². The van der Waals surface area contributed by atoms with E-state index >= 15 is 0 Å². The molecule has 0 heterocycles. The summed E-state index contributed by atoms with van der Waals surface area (Å²) in [5.41, 5.74) is 3.31. The molecule has 0 aliphatic heterocycles. The molecule has 6 aromatic rings. The van der Waals surface area contributed by atoms with Gasteiger partial charge in [-0.2, -0.15) is 0 Å². The van der Waals surface area contributed by atoms with Crippen molar-refractivity contribution in [3.63, 3.8) is 0 Å². The van der Waals surface area contributed by atoms with E-state index < -0.39 is 46.4 Å². The van der Waals surface area contributed by atoms with Gasteiger partial charge in [0.1, 0.15) is 23.0 Å². The molecule has 8 N–H and O–H groups in total. The van der Waals surface area contributed by atoms with E-state index in [1.165, 1.54) is 0 Å². The first-order valence-corrected chi connectivity index (χ1v) is 16.6. The van der Waals surface area contributed by atoms with Crippen LogP contribution in [0.2, 0.25) is 0 Å². The number of esters is 2. The van der Waals surface area contributed by atoms with Crippen LogP contribution in [0.25, 0.3) is 0 Å². The molecular weight excluding hydrogens is 696 g/mol. The summed E-state index contributed by atoms with van der Waals surface area (Å²) in [4.78, 5) is 26.9. The molecule has 54 heavy (non-hydrogen) atoms. The Bertz CT molecular complexity index is 2180. The molecule has 0 saturated heterocycles. The van der Waals surface area contributed by atoms with Gasteiger partial charge in [0.2, 0.25) is 0 Å². The van der Waals surface area contributed by atoms with Gasteiger partial charge in [0.15, 0.2) is 34.5 Å². The SMILES string of the molecule is O=C(Oc1c2cccc1Cc1cccc(c1O)Cc1cccc(c1OC(=O)c1cc(O)c(O)c(O)c1)Cc1cccc(c1O)C2)c1cc(O)c(O)c(O)c1. The van der Waals surface area contributed by atoms with E-state index in [4.69, 9.17) is 9.47 Å². The van der Waals surface area contributed by atoms with Crippen LogP contribution in [0.15, 0.2) is 97.1 Å². The van der Waals surface area contributed by atoms with Gasteiger partial charge in [-0.1, -0.05) is 72.8 Å². The molecule has 272 valence electrons. The second-order valence-electron chi connectivity index (χ2n) is 12.9. The molecule has 0 fully saturated rings. The Balaban J connectivity index is 1.35. The quantitative estimate of drug-likeness (QED) is 0.0558. The second-order valence-corrected chi connectivity index (χ2v) is 12.9. The smallest absolute Gasteiger partial charge is 0.343 e. The lowest BCUT2D eigenvalue weighted by atomic mass is 9.91. The molecule has 1 aliphatic carbocycles. The van der Waals surface area contributed by atoms with Gasteiger partial charge in [-0.15, -0.1) is 0 Å². The zero-order valence-electron chi connectivity index (χ0n) is 28.3. The highest BCUT2D eigenvalue weighted by Gasteiger charge is 2.24. The van der Waals surface area contributed by atoms with Crippen LogP contribution < -0.4 is 9.47 Å². The van der Waals surface area contributed by atoms with Crippen LogP contribution in [-0.4, -0.2) is 52.8 Å². The number of benzene rings is 6. The first kappa shape index (κ1) is 35.1. The van der Waals surface area contributed by atoms with Crippen molar-refractivity contribution in [2.24, 2.45) is 0 Å². The molecular formula is C42H32O12. The van der Waals surface area contributed by atoms with E-state index in [-0.39, 0.29) is 59.8 Å². The van der Waals surface area contributed by atoms with Crippen LogP contribution in [0.5, 0.6) is 57.5 Å². The normalized spacial score (nSPS) is 12.1. The number of hydrogen-bond donors (Lipinski definition) is 8. The van der Waals surface area contributed by atoms with Crippen molar-refractivity contribution in [1.29, 1.82) is 0 Å². The van der Waals surface area contributed by atoms with Gasteiger partial charge in [-0.3, -0.25) is 0 Å². The van der Waals surface area contributed by atoms with E-state index in [2.05, 4.69) is 0 Å². The number of hydrogen-bond acceptors (Lipinski definition) is 12. The van der Waals surface area contributed by atoms with Gasteiger partial charge in [-0.05, 0) is 68.8 Å². The monoisotopic (exact) mass is 728 g/mol. The molecule has 1 aliphatic rings. The Morgan fingerprint density at radius 2 is 0.611 bits per heavy atom. The molecule has 6 aromatic carbocycles. The Morgan fingerprint density at radius 1 is 0.370 bits per heavy atom.